The number of rotatable bonds is 10. The van der Waals surface area contributed by atoms with E-state index in [1.54, 1.807) is 20.1 Å². The van der Waals surface area contributed by atoms with Gasteiger partial charge in [0.1, 0.15) is 0 Å². The number of ether oxygens (including phenoxy) is 2. The molecule has 2 atom stereocenters. The molecule has 0 bridgehead atoms. The van der Waals surface area contributed by atoms with Crippen molar-refractivity contribution in [3.8, 4) is 17.2 Å². The highest BCUT2D eigenvalue weighted by Gasteiger charge is 2.25. The van der Waals surface area contributed by atoms with E-state index in [1.165, 1.54) is 30.0 Å². The highest BCUT2D eigenvalue weighted by molar-refractivity contribution is 8.00. The van der Waals surface area contributed by atoms with Gasteiger partial charge >= 0.3 is 0 Å². The number of aromatic nitrogens is 3. The Hall–Kier alpha value is -4.38. The lowest BCUT2D eigenvalue weighted by Gasteiger charge is -2.18. The molecule has 0 aliphatic carbocycles. The third-order valence-corrected chi connectivity index (χ3v) is 6.43. The van der Waals surface area contributed by atoms with E-state index < -0.39 is 16.3 Å². The second kappa shape index (κ2) is 11.6. The Balaban J connectivity index is 1.58. The molecule has 0 aliphatic heterocycles. The van der Waals surface area contributed by atoms with Crippen LogP contribution in [0.2, 0.25) is 0 Å². The van der Waals surface area contributed by atoms with Gasteiger partial charge in [-0.2, -0.15) is 0 Å². The number of anilines is 1. The molecule has 4 rings (SSSR count). The van der Waals surface area contributed by atoms with Crippen LogP contribution < -0.4 is 14.8 Å². The van der Waals surface area contributed by atoms with Crippen LogP contribution in [0.5, 0.6) is 11.5 Å². The number of benzene rings is 3. The van der Waals surface area contributed by atoms with Gasteiger partial charge in [0.05, 0.1) is 17.3 Å². The van der Waals surface area contributed by atoms with E-state index in [4.69, 9.17) is 9.47 Å². The van der Waals surface area contributed by atoms with Gasteiger partial charge in [-0.1, -0.05) is 48.2 Å². The van der Waals surface area contributed by atoms with Crippen molar-refractivity contribution in [3.63, 3.8) is 0 Å². The molecule has 11 heteroatoms. The van der Waals surface area contributed by atoms with Crippen molar-refractivity contribution in [2.24, 2.45) is 0 Å². The predicted octanol–water partition coefficient (Wildman–Crippen LogP) is 5.44. The molecule has 1 aromatic heterocycles. The number of nitro benzene ring substituents is 1. The van der Waals surface area contributed by atoms with Gasteiger partial charge in [-0.15, -0.1) is 10.2 Å². The summed E-state index contributed by atoms with van der Waals surface area (Å²) in [6, 6.07) is 22.7. The molecule has 4 aromatic rings. The first-order chi connectivity index (χ1) is 17.9. The van der Waals surface area contributed by atoms with Gasteiger partial charge in [0, 0.05) is 23.5 Å². The normalized spacial score (nSPS) is 12.4. The molecule has 10 nitrogen and oxygen atoms in total. The van der Waals surface area contributed by atoms with Crippen molar-refractivity contribution in [3.05, 3.63) is 94.8 Å². The van der Waals surface area contributed by atoms with Crippen molar-refractivity contribution < 1.29 is 19.2 Å². The van der Waals surface area contributed by atoms with E-state index in [2.05, 4.69) is 15.5 Å². The molecule has 3 aromatic carbocycles. The van der Waals surface area contributed by atoms with E-state index in [0.717, 1.165) is 5.69 Å². The molecule has 1 N–H and O–H groups in total. The van der Waals surface area contributed by atoms with Gasteiger partial charge in [0.15, 0.2) is 28.6 Å². The van der Waals surface area contributed by atoms with Crippen molar-refractivity contribution in [1.29, 1.82) is 0 Å². The van der Waals surface area contributed by atoms with Crippen molar-refractivity contribution in [2.75, 3.05) is 12.4 Å². The summed E-state index contributed by atoms with van der Waals surface area (Å²) < 4.78 is 13.4. The number of carbonyl (C=O) groups is 1. The zero-order valence-corrected chi connectivity index (χ0v) is 21.2. The van der Waals surface area contributed by atoms with E-state index >= 15 is 0 Å². The number of nitro groups is 1. The van der Waals surface area contributed by atoms with E-state index in [1.807, 2.05) is 66.1 Å². The average Bonchev–Trinajstić information content (AvgIpc) is 3.33. The third-order valence-electron chi connectivity index (χ3n) is 5.39. The summed E-state index contributed by atoms with van der Waals surface area (Å²) in [4.78, 5) is 23.4. The zero-order valence-electron chi connectivity index (χ0n) is 20.4. The Bertz CT molecular complexity index is 1400. The number of carbonyl (C=O) groups excluding carboxylic acids is 1. The minimum atomic E-state index is -0.579. The van der Waals surface area contributed by atoms with Crippen LogP contribution in [0, 0.1) is 10.1 Å². The summed E-state index contributed by atoms with van der Waals surface area (Å²) in [6.07, 6.45) is -0.493. The summed E-state index contributed by atoms with van der Waals surface area (Å²) in [5.41, 5.74) is 1.05. The fourth-order valence-electron chi connectivity index (χ4n) is 3.55. The number of methoxy groups -OCH3 is 1. The van der Waals surface area contributed by atoms with E-state index in [9.17, 15) is 14.9 Å². The van der Waals surface area contributed by atoms with Gasteiger partial charge in [0.25, 0.3) is 5.69 Å². The van der Waals surface area contributed by atoms with Crippen LogP contribution in [0.25, 0.3) is 5.69 Å². The smallest absolute Gasteiger partial charge is 0.271 e. The molecular weight excluding hydrogens is 494 g/mol. The minimum absolute atomic E-state index is 0.101. The topological polar surface area (TPSA) is 121 Å². The second-order valence-electron chi connectivity index (χ2n) is 7.98. The average molecular weight is 520 g/mol. The highest BCUT2D eigenvalue weighted by atomic mass is 32.2. The van der Waals surface area contributed by atoms with E-state index in [0.29, 0.717) is 28.2 Å². The van der Waals surface area contributed by atoms with Crippen LogP contribution in [-0.2, 0) is 4.79 Å². The highest BCUT2D eigenvalue weighted by Crippen LogP contribution is 2.33. The molecule has 190 valence electrons. The quantitative estimate of drug-likeness (QED) is 0.167. The van der Waals surface area contributed by atoms with Crippen LogP contribution in [0.3, 0.4) is 0 Å². The van der Waals surface area contributed by atoms with Crippen LogP contribution in [0.15, 0.2) is 84.0 Å². The maximum atomic E-state index is 12.9. The Labute approximate surface area is 217 Å². The maximum Gasteiger partial charge on any atom is 0.271 e. The molecule has 0 saturated heterocycles. The fraction of sp³-hybridized carbons (Fsp3) is 0.192. The molecule has 0 fully saturated rings. The largest absolute Gasteiger partial charge is 0.493 e. The Morgan fingerprint density at radius 3 is 2.41 bits per heavy atom. The molecule has 2 unspecified atom stereocenters. The Kier molecular flexibility index (Phi) is 8.04. The molecule has 0 radical (unpaired) electrons. The predicted molar refractivity (Wildman–Crippen MR) is 140 cm³/mol. The lowest BCUT2D eigenvalue weighted by Crippen LogP contribution is -2.23. The number of hydrogen-bond acceptors (Lipinski definition) is 8. The fourth-order valence-corrected chi connectivity index (χ4v) is 4.43. The zero-order chi connectivity index (χ0) is 26.4. The first-order valence-corrected chi connectivity index (χ1v) is 12.3. The number of nitrogens with zero attached hydrogens (tertiary/aromatic N) is 4. The Morgan fingerprint density at radius 1 is 1.00 bits per heavy atom. The standard InChI is InChI=1S/C26H25N5O5S/c1-17(36-23-15-8-7-14-22(23)35-3)24-28-29-26(30(24)20-11-5-4-6-12-20)37-18(2)25(32)27-19-10-9-13-21(16-19)31(33)34/h4-18H,1-3H3,(H,27,32). The molecule has 0 saturated carbocycles. The van der Waals surface area contributed by atoms with Crippen LogP contribution in [0.4, 0.5) is 11.4 Å². The number of non-ortho nitro benzene ring substituents is 1. The summed E-state index contributed by atoms with van der Waals surface area (Å²) in [7, 11) is 1.58. The van der Waals surface area contributed by atoms with Gasteiger partial charge in [0.2, 0.25) is 5.91 Å². The summed E-state index contributed by atoms with van der Waals surface area (Å²) in [6.45, 7) is 3.60. The molecule has 0 aliphatic rings. The maximum absolute atomic E-state index is 12.9. The molecule has 37 heavy (non-hydrogen) atoms. The monoisotopic (exact) mass is 519 g/mol. The molecule has 0 spiro atoms. The van der Waals surface area contributed by atoms with E-state index in [-0.39, 0.29) is 11.6 Å². The first-order valence-electron chi connectivity index (χ1n) is 11.4. The van der Waals surface area contributed by atoms with Crippen molar-refractivity contribution in [1.82, 2.24) is 14.8 Å². The van der Waals surface area contributed by atoms with Gasteiger partial charge in [-0.3, -0.25) is 19.5 Å². The van der Waals surface area contributed by atoms with Crippen LogP contribution in [0.1, 0.15) is 25.8 Å². The van der Waals surface area contributed by atoms with Crippen molar-refractivity contribution in [2.45, 2.75) is 30.4 Å². The Morgan fingerprint density at radius 2 is 1.70 bits per heavy atom. The van der Waals surface area contributed by atoms with Crippen molar-refractivity contribution >= 4 is 29.0 Å². The van der Waals surface area contributed by atoms with Crippen LogP contribution in [-0.4, -0.2) is 38.0 Å². The SMILES string of the molecule is COc1ccccc1OC(C)c1nnc(SC(C)C(=O)Nc2cccc([N+](=O)[O-])c2)n1-c1ccccc1. The van der Waals surface area contributed by atoms with Crippen LogP contribution >= 0.6 is 11.8 Å². The third kappa shape index (κ3) is 6.07. The molecular formula is C26H25N5O5S. The number of hydrogen-bond donors (Lipinski definition) is 1. The summed E-state index contributed by atoms with van der Waals surface area (Å²) >= 11 is 1.22. The molecule has 1 amide bonds. The number of para-hydroxylation sites is 3. The number of nitrogens with one attached hydrogen (secondary N) is 1. The lowest BCUT2D eigenvalue weighted by atomic mass is 10.2. The van der Waals surface area contributed by atoms with Gasteiger partial charge < -0.3 is 14.8 Å². The molecule has 1 heterocycles. The number of thioether (sulfide) groups is 1. The number of amides is 1. The first kappa shape index (κ1) is 25.7. The van der Waals surface area contributed by atoms with Gasteiger partial charge in [-0.05, 0) is 44.2 Å². The minimum Gasteiger partial charge on any atom is -0.493 e. The summed E-state index contributed by atoms with van der Waals surface area (Å²) in [5.74, 6) is 1.39. The second-order valence-corrected chi connectivity index (χ2v) is 9.29. The summed E-state index contributed by atoms with van der Waals surface area (Å²) in [5, 5.41) is 22.4. The van der Waals surface area contributed by atoms with Gasteiger partial charge in [-0.25, -0.2) is 0 Å². The lowest BCUT2D eigenvalue weighted by molar-refractivity contribution is -0.384.